The Kier molecular flexibility index (Phi) is 2.66. The molecule has 3 heteroatoms. The summed E-state index contributed by atoms with van der Waals surface area (Å²) < 4.78 is 0. The summed E-state index contributed by atoms with van der Waals surface area (Å²) in [5.74, 6) is -0.100. The van der Waals surface area contributed by atoms with Crippen LogP contribution in [0.2, 0.25) is 0 Å². The van der Waals surface area contributed by atoms with E-state index in [0.717, 1.165) is 19.3 Å². The lowest BCUT2D eigenvalue weighted by atomic mass is 9.79. The van der Waals surface area contributed by atoms with Crippen LogP contribution in [0.15, 0.2) is 12.3 Å². The van der Waals surface area contributed by atoms with E-state index in [4.69, 9.17) is 0 Å². The summed E-state index contributed by atoms with van der Waals surface area (Å²) in [5, 5.41) is 3.13. The SMILES string of the molecule is O=C1CCCC(=O)C1C1CCC=CN1. The van der Waals surface area contributed by atoms with Crippen molar-refractivity contribution in [3.8, 4) is 0 Å². The summed E-state index contributed by atoms with van der Waals surface area (Å²) in [6, 6.07) is 0.0558. The number of hydrogen-bond donors (Lipinski definition) is 1. The quantitative estimate of drug-likeness (QED) is 0.636. The van der Waals surface area contributed by atoms with Crippen molar-refractivity contribution < 1.29 is 9.59 Å². The van der Waals surface area contributed by atoms with E-state index < -0.39 is 0 Å². The normalized spacial score (nSPS) is 29.0. The van der Waals surface area contributed by atoms with E-state index in [1.165, 1.54) is 0 Å². The lowest BCUT2D eigenvalue weighted by molar-refractivity contribution is -0.136. The first kappa shape index (κ1) is 9.44. The van der Waals surface area contributed by atoms with Gasteiger partial charge in [-0.1, -0.05) is 6.08 Å². The van der Waals surface area contributed by atoms with E-state index in [1.54, 1.807) is 0 Å². The minimum absolute atomic E-state index is 0.0558. The minimum Gasteiger partial charge on any atom is -0.387 e. The molecule has 0 bridgehead atoms. The van der Waals surface area contributed by atoms with Gasteiger partial charge in [-0.15, -0.1) is 0 Å². The van der Waals surface area contributed by atoms with Gasteiger partial charge >= 0.3 is 0 Å². The van der Waals surface area contributed by atoms with E-state index in [1.807, 2.05) is 12.3 Å². The number of hydrogen-bond acceptors (Lipinski definition) is 3. The highest BCUT2D eigenvalue weighted by Crippen LogP contribution is 2.24. The molecule has 0 aromatic heterocycles. The second kappa shape index (κ2) is 3.95. The Balaban J connectivity index is 2.09. The summed E-state index contributed by atoms with van der Waals surface area (Å²) >= 11 is 0. The number of nitrogens with one attached hydrogen (secondary N) is 1. The third-order valence-corrected chi connectivity index (χ3v) is 3.01. The third-order valence-electron chi connectivity index (χ3n) is 3.01. The Labute approximate surface area is 83.6 Å². The van der Waals surface area contributed by atoms with Crippen molar-refractivity contribution in [3.05, 3.63) is 12.3 Å². The van der Waals surface area contributed by atoms with Gasteiger partial charge in [-0.2, -0.15) is 0 Å². The summed E-state index contributed by atoms with van der Waals surface area (Å²) in [6.07, 6.45) is 7.68. The zero-order valence-electron chi connectivity index (χ0n) is 8.16. The third kappa shape index (κ3) is 1.72. The molecule has 1 unspecified atom stereocenters. The molecule has 0 spiro atoms. The van der Waals surface area contributed by atoms with Gasteiger partial charge in [0.1, 0.15) is 11.6 Å². The van der Waals surface area contributed by atoms with Gasteiger partial charge in [-0.25, -0.2) is 0 Å². The van der Waals surface area contributed by atoms with Crippen molar-refractivity contribution >= 4 is 11.6 Å². The van der Waals surface area contributed by atoms with Gasteiger partial charge in [0.2, 0.25) is 0 Å². The molecular formula is C11H15NO2. The molecule has 1 aliphatic heterocycles. The first-order valence-electron chi connectivity index (χ1n) is 5.25. The van der Waals surface area contributed by atoms with Crippen molar-refractivity contribution in [2.24, 2.45) is 5.92 Å². The molecule has 1 atom stereocenters. The molecule has 3 nitrogen and oxygen atoms in total. The fourth-order valence-corrected chi connectivity index (χ4v) is 2.27. The maximum Gasteiger partial charge on any atom is 0.145 e. The fourth-order valence-electron chi connectivity index (χ4n) is 2.27. The number of carbonyl (C=O) groups excluding carboxylic acids is 2. The van der Waals surface area contributed by atoms with Crippen LogP contribution in [-0.4, -0.2) is 17.6 Å². The molecule has 14 heavy (non-hydrogen) atoms. The standard InChI is InChI=1S/C11H15NO2/c13-9-5-3-6-10(14)11(9)8-4-1-2-7-12-8/h2,7-8,11-12H,1,3-6H2. The van der Waals surface area contributed by atoms with E-state index >= 15 is 0 Å². The van der Waals surface area contributed by atoms with Crippen LogP contribution in [0.25, 0.3) is 0 Å². The highest BCUT2D eigenvalue weighted by Gasteiger charge is 2.36. The molecule has 0 aromatic carbocycles. The Morgan fingerprint density at radius 1 is 1.21 bits per heavy atom. The monoisotopic (exact) mass is 193 g/mol. The summed E-state index contributed by atoms with van der Waals surface area (Å²) in [7, 11) is 0. The molecule has 0 saturated heterocycles. The van der Waals surface area contributed by atoms with E-state index in [0.29, 0.717) is 12.8 Å². The Morgan fingerprint density at radius 3 is 2.50 bits per heavy atom. The first-order chi connectivity index (χ1) is 6.79. The maximum atomic E-state index is 11.6. The molecule has 0 radical (unpaired) electrons. The molecule has 1 fully saturated rings. The van der Waals surface area contributed by atoms with Crippen molar-refractivity contribution in [1.29, 1.82) is 0 Å². The van der Waals surface area contributed by atoms with Crippen molar-refractivity contribution in [1.82, 2.24) is 5.32 Å². The Bertz CT molecular complexity index is 267. The van der Waals surface area contributed by atoms with E-state index in [9.17, 15) is 9.59 Å². The molecule has 76 valence electrons. The van der Waals surface area contributed by atoms with Gasteiger partial charge in [0.05, 0.1) is 5.92 Å². The Morgan fingerprint density at radius 2 is 1.93 bits per heavy atom. The lowest BCUT2D eigenvalue weighted by Gasteiger charge is -2.29. The summed E-state index contributed by atoms with van der Waals surface area (Å²) in [4.78, 5) is 23.2. The number of Topliss-reactive ketones (excluding diaryl/α,β-unsaturated/α-hetero) is 2. The molecule has 0 aromatic rings. The molecule has 2 rings (SSSR count). The largest absolute Gasteiger partial charge is 0.387 e. The van der Waals surface area contributed by atoms with Gasteiger partial charge in [-0.3, -0.25) is 9.59 Å². The molecule has 1 N–H and O–H groups in total. The molecule has 0 amide bonds. The minimum atomic E-state index is -0.367. The zero-order chi connectivity index (χ0) is 9.97. The maximum absolute atomic E-state index is 11.6. The molecule has 2 aliphatic rings. The highest BCUT2D eigenvalue weighted by atomic mass is 16.2. The van der Waals surface area contributed by atoms with E-state index in [-0.39, 0.29) is 23.5 Å². The highest BCUT2D eigenvalue weighted by molar-refractivity contribution is 6.05. The number of carbonyl (C=O) groups is 2. The average Bonchev–Trinajstić information content (AvgIpc) is 2.19. The van der Waals surface area contributed by atoms with Crippen LogP contribution in [0.5, 0.6) is 0 Å². The molecule has 1 heterocycles. The zero-order valence-corrected chi connectivity index (χ0v) is 8.16. The van der Waals surface area contributed by atoms with Crippen LogP contribution in [0, 0.1) is 5.92 Å². The van der Waals surface area contributed by atoms with Crippen LogP contribution >= 0.6 is 0 Å². The summed E-state index contributed by atoms with van der Waals surface area (Å²) in [6.45, 7) is 0. The second-order valence-corrected chi connectivity index (χ2v) is 4.02. The Hall–Kier alpha value is -1.12. The lowest BCUT2D eigenvalue weighted by Crippen LogP contribution is -2.45. The molecular weight excluding hydrogens is 178 g/mol. The van der Waals surface area contributed by atoms with Crippen molar-refractivity contribution in [3.63, 3.8) is 0 Å². The van der Waals surface area contributed by atoms with Crippen LogP contribution < -0.4 is 5.32 Å². The molecule has 1 saturated carbocycles. The van der Waals surface area contributed by atoms with Crippen LogP contribution in [0.1, 0.15) is 32.1 Å². The predicted octanol–water partition coefficient (Wildman–Crippen LogP) is 1.19. The summed E-state index contributed by atoms with van der Waals surface area (Å²) in [5.41, 5.74) is 0. The predicted molar refractivity (Wildman–Crippen MR) is 52.7 cm³/mol. The van der Waals surface area contributed by atoms with Crippen LogP contribution in [0.4, 0.5) is 0 Å². The van der Waals surface area contributed by atoms with Crippen molar-refractivity contribution in [2.45, 2.75) is 38.1 Å². The number of ketones is 2. The first-order valence-corrected chi connectivity index (χ1v) is 5.25. The van der Waals surface area contributed by atoms with Gasteiger partial charge in [0, 0.05) is 18.9 Å². The van der Waals surface area contributed by atoms with Gasteiger partial charge in [0.15, 0.2) is 0 Å². The van der Waals surface area contributed by atoms with Crippen LogP contribution in [0.3, 0.4) is 0 Å². The van der Waals surface area contributed by atoms with Crippen LogP contribution in [-0.2, 0) is 9.59 Å². The van der Waals surface area contributed by atoms with Gasteiger partial charge in [-0.05, 0) is 25.5 Å². The number of allylic oxidation sites excluding steroid dienone is 1. The second-order valence-electron chi connectivity index (χ2n) is 4.02. The molecule has 1 aliphatic carbocycles. The number of rotatable bonds is 1. The van der Waals surface area contributed by atoms with Crippen molar-refractivity contribution in [2.75, 3.05) is 0 Å². The smallest absolute Gasteiger partial charge is 0.145 e. The van der Waals surface area contributed by atoms with Gasteiger partial charge < -0.3 is 5.32 Å². The van der Waals surface area contributed by atoms with Gasteiger partial charge in [0.25, 0.3) is 0 Å². The average molecular weight is 193 g/mol. The van der Waals surface area contributed by atoms with E-state index in [2.05, 4.69) is 5.32 Å². The topological polar surface area (TPSA) is 46.2 Å². The fraction of sp³-hybridized carbons (Fsp3) is 0.636.